The Morgan fingerprint density at radius 2 is 2.36 bits per heavy atom. The molecule has 0 unspecified atom stereocenters. The molecule has 0 spiro atoms. The van der Waals surface area contributed by atoms with Crippen LogP contribution in [-0.2, 0) is 0 Å². The molecule has 56 valence electrons. The first kappa shape index (κ1) is 6.22. The molecule has 0 aliphatic carbocycles. The molecule has 3 heteroatoms. The van der Waals surface area contributed by atoms with Crippen LogP contribution in [-0.4, -0.2) is 4.98 Å². The lowest BCUT2D eigenvalue weighted by Gasteiger charge is -1.83. The molecule has 0 aliphatic rings. The van der Waals surface area contributed by atoms with Crippen molar-refractivity contribution in [3.05, 3.63) is 34.3 Å². The van der Waals surface area contributed by atoms with Gasteiger partial charge in [0.25, 0.3) is 0 Å². The molecule has 0 fully saturated rings. The summed E-state index contributed by atoms with van der Waals surface area (Å²) in [5.41, 5.74) is 0.547. The van der Waals surface area contributed by atoms with Gasteiger partial charge in [0.1, 0.15) is 5.76 Å². The Kier molecular flexibility index (Phi) is 1.12. The first-order valence-corrected chi connectivity index (χ1v) is 3.35. The van der Waals surface area contributed by atoms with Crippen LogP contribution >= 0.6 is 0 Å². The van der Waals surface area contributed by atoms with Crippen molar-refractivity contribution in [3.63, 3.8) is 0 Å². The minimum atomic E-state index is -0.00407. The van der Waals surface area contributed by atoms with Crippen molar-refractivity contribution in [2.24, 2.45) is 0 Å². The lowest BCUT2D eigenvalue weighted by molar-refractivity contribution is 0.567. The molecule has 11 heavy (non-hydrogen) atoms. The fourth-order valence-electron chi connectivity index (χ4n) is 1.09. The molecule has 3 nitrogen and oxygen atoms in total. The zero-order valence-corrected chi connectivity index (χ0v) is 6.05. The Labute approximate surface area is 62.7 Å². The van der Waals surface area contributed by atoms with Gasteiger partial charge in [-0.3, -0.25) is 4.79 Å². The average Bonchev–Trinajstić information content (AvgIpc) is 2.31. The van der Waals surface area contributed by atoms with Crippen LogP contribution in [0.25, 0.3) is 11.1 Å². The third kappa shape index (κ3) is 0.852. The van der Waals surface area contributed by atoms with E-state index in [0.29, 0.717) is 11.1 Å². The highest BCUT2D eigenvalue weighted by Gasteiger charge is 2.01. The van der Waals surface area contributed by atoms with Gasteiger partial charge in [-0.05, 0) is 13.0 Å². The summed E-state index contributed by atoms with van der Waals surface area (Å²) >= 11 is 0. The fourth-order valence-corrected chi connectivity index (χ4v) is 1.09. The molecule has 0 saturated heterocycles. The second-order valence-corrected chi connectivity index (χ2v) is 2.44. The van der Waals surface area contributed by atoms with Crippen molar-refractivity contribution in [1.29, 1.82) is 0 Å². The van der Waals surface area contributed by atoms with E-state index in [1.54, 1.807) is 12.3 Å². The smallest absolute Gasteiger partial charge is 0.208 e. The Hall–Kier alpha value is -1.51. The predicted octanol–water partition coefficient (Wildman–Crippen LogP) is 1.43. The van der Waals surface area contributed by atoms with Crippen LogP contribution in [0.15, 0.2) is 27.5 Å². The number of hydrogen-bond acceptors (Lipinski definition) is 2. The molecular weight excluding hydrogens is 142 g/mol. The molecule has 0 saturated carbocycles. The van der Waals surface area contributed by atoms with Gasteiger partial charge in [-0.2, -0.15) is 0 Å². The van der Waals surface area contributed by atoms with Gasteiger partial charge in [0.05, 0.1) is 5.39 Å². The SMILES string of the molecule is Cc1cc2c(=O)cc[nH]c2o1. The second kappa shape index (κ2) is 1.99. The molecule has 2 rings (SSSR count). The average molecular weight is 149 g/mol. The third-order valence-corrected chi connectivity index (χ3v) is 1.57. The maximum atomic E-state index is 11.1. The van der Waals surface area contributed by atoms with E-state index >= 15 is 0 Å². The molecule has 0 aliphatic heterocycles. The number of rotatable bonds is 0. The number of hydrogen-bond donors (Lipinski definition) is 1. The van der Waals surface area contributed by atoms with Crippen LogP contribution in [0.2, 0.25) is 0 Å². The summed E-state index contributed by atoms with van der Waals surface area (Å²) in [5.74, 6) is 0.750. The van der Waals surface area contributed by atoms with Crippen LogP contribution in [0.5, 0.6) is 0 Å². The zero-order valence-electron chi connectivity index (χ0n) is 6.05. The van der Waals surface area contributed by atoms with Gasteiger partial charge >= 0.3 is 0 Å². The van der Waals surface area contributed by atoms with Crippen LogP contribution in [0.3, 0.4) is 0 Å². The maximum Gasteiger partial charge on any atom is 0.208 e. The molecule has 0 aromatic carbocycles. The summed E-state index contributed by atoms with van der Waals surface area (Å²) in [5, 5.41) is 0.616. The number of H-pyrrole nitrogens is 1. The molecule has 0 amide bonds. The van der Waals surface area contributed by atoms with Crippen molar-refractivity contribution in [3.8, 4) is 0 Å². The van der Waals surface area contributed by atoms with Gasteiger partial charge < -0.3 is 9.40 Å². The third-order valence-electron chi connectivity index (χ3n) is 1.57. The highest BCUT2D eigenvalue weighted by Crippen LogP contribution is 2.11. The van der Waals surface area contributed by atoms with E-state index in [-0.39, 0.29) is 5.43 Å². The van der Waals surface area contributed by atoms with Gasteiger partial charge in [-0.25, -0.2) is 0 Å². The minimum Gasteiger partial charge on any atom is -0.445 e. The Bertz CT molecular complexity index is 439. The number of furan rings is 1. The molecule has 2 aromatic heterocycles. The summed E-state index contributed by atoms with van der Waals surface area (Å²) < 4.78 is 5.19. The lowest BCUT2D eigenvalue weighted by Crippen LogP contribution is -1.96. The zero-order chi connectivity index (χ0) is 7.84. The summed E-state index contributed by atoms with van der Waals surface area (Å²) in [6, 6.07) is 3.21. The van der Waals surface area contributed by atoms with Gasteiger partial charge in [0.2, 0.25) is 5.71 Å². The highest BCUT2D eigenvalue weighted by atomic mass is 16.3. The Morgan fingerprint density at radius 1 is 1.55 bits per heavy atom. The summed E-state index contributed by atoms with van der Waals surface area (Å²) in [7, 11) is 0. The summed E-state index contributed by atoms with van der Waals surface area (Å²) in [6.45, 7) is 1.81. The summed E-state index contributed by atoms with van der Waals surface area (Å²) in [6.07, 6.45) is 1.58. The monoisotopic (exact) mass is 149 g/mol. The molecule has 1 N–H and O–H groups in total. The molecule has 0 radical (unpaired) electrons. The predicted molar refractivity (Wildman–Crippen MR) is 41.6 cm³/mol. The van der Waals surface area contributed by atoms with Crippen molar-refractivity contribution < 1.29 is 4.42 Å². The van der Waals surface area contributed by atoms with Crippen LogP contribution in [0.1, 0.15) is 5.76 Å². The highest BCUT2D eigenvalue weighted by molar-refractivity contribution is 5.73. The number of fused-ring (bicyclic) bond motifs is 1. The van der Waals surface area contributed by atoms with E-state index in [2.05, 4.69) is 4.98 Å². The van der Waals surface area contributed by atoms with E-state index in [1.165, 1.54) is 6.07 Å². The van der Waals surface area contributed by atoms with Crippen molar-refractivity contribution >= 4 is 11.1 Å². The molecular formula is C8H7NO2. The standard InChI is InChI=1S/C8H7NO2/c1-5-4-6-7(10)2-3-9-8(6)11-5/h2-4H,1H3,(H,9,10). The van der Waals surface area contributed by atoms with E-state index in [9.17, 15) is 4.79 Å². The van der Waals surface area contributed by atoms with E-state index < -0.39 is 0 Å². The van der Waals surface area contributed by atoms with Gasteiger partial charge in [-0.1, -0.05) is 0 Å². The molecule has 2 aromatic rings. The van der Waals surface area contributed by atoms with Gasteiger partial charge in [0.15, 0.2) is 5.43 Å². The molecule has 0 bridgehead atoms. The normalized spacial score (nSPS) is 10.6. The second-order valence-electron chi connectivity index (χ2n) is 2.44. The first-order chi connectivity index (χ1) is 5.27. The quantitative estimate of drug-likeness (QED) is 0.615. The van der Waals surface area contributed by atoms with Crippen LogP contribution in [0, 0.1) is 6.92 Å². The largest absolute Gasteiger partial charge is 0.445 e. The topological polar surface area (TPSA) is 46.0 Å². The van der Waals surface area contributed by atoms with E-state index in [0.717, 1.165) is 5.76 Å². The van der Waals surface area contributed by atoms with E-state index in [1.807, 2.05) is 6.92 Å². The summed E-state index contributed by atoms with van der Waals surface area (Å²) in [4.78, 5) is 14.0. The van der Waals surface area contributed by atoms with Crippen molar-refractivity contribution in [2.75, 3.05) is 0 Å². The van der Waals surface area contributed by atoms with Crippen molar-refractivity contribution in [1.82, 2.24) is 4.98 Å². The molecule has 0 atom stereocenters. The van der Waals surface area contributed by atoms with Gasteiger partial charge in [0, 0.05) is 12.3 Å². The lowest BCUT2D eigenvalue weighted by atomic mass is 10.3. The molecule has 2 heterocycles. The van der Waals surface area contributed by atoms with Crippen LogP contribution in [0.4, 0.5) is 0 Å². The van der Waals surface area contributed by atoms with Gasteiger partial charge in [-0.15, -0.1) is 0 Å². The van der Waals surface area contributed by atoms with Crippen molar-refractivity contribution in [2.45, 2.75) is 6.92 Å². The number of pyridine rings is 1. The first-order valence-electron chi connectivity index (χ1n) is 3.35. The fraction of sp³-hybridized carbons (Fsp3) is 0.125. The minimum absolute atomic E-state index is 0.00407. The number of nitrogens with one attached hydrogen (secondary N) is 1. The van der Waals surface area contributed by atoms with E-state index in [4.69, 9.17) is 4.42 Å². The number of aromatic amines is 1. The maximum absolute atomic E-state index is 11.1. The Morgan fingerprint density at radius 3 is 3.09 bits per heavy atom. The van der Waals surface area contributed by atoms with Crippen LogP contribution < -0.4 is 5.43 Å². The number of aryl methyl sites for hydroxylation is 1. The Balaban J connectivity index is 3.02. The number of aromatic nitrogens is 1.